The zero-order valence-electron chi connectivity index (χ0n) is 82.2. The largest absolute Gasteiger partial charge is 0.480 e. The van der Waals surface area contributed by atoms with Gasteiger partial charge in [-0.3, -0.25) is 127 Å². The van der Waals surface area contributed by atoms with Gasteiger partial charge in [0, 0.05) is 39.1 Å². The van der Waals surface area contributed by atoms with Crippen LogP contribution < -0.4 is 175 Å². The highest BCUT2D eigenvalue weighted by Gasteiger charge is 2.42. The fourth-order valence-corrected chi connectivity index (χ4v) is 14.1. The van der Waals surface area contributed by atoms with Crippen LogP contribution in [0.2, 0.25) is 0 Å². The summed E-state index contributed by atoms with van der Waals surface area (Å²) >= 11 is 0. The van der Waals surface area contributed by atoms with Crippen LogP contribution in [0.4, 0.5) is 0 Å². The second-order valence-electron chi connectivity index (χ2n) is 34.3. The summed E-state index contributed by atoms with van der Waals surface area (Å²) in [4.78, 5) is 299. The number of likely N-dealkylation sites (tertiary alicyclic amines) is 1. The molecular weight excluding hydrogens is 1930 g/mol. The first-order valence-electron chi connectivity index (χ1n) is 47.3. The number of aliphatic carboxylic acids is 1. The molecule has 1 heterocycles. The van der Waals surface area contributed by atoms with E-state index in [0.29, 0.717) is 12.8 Å². The van der Waals surface area contributed by atoms with Gasteiger partial charge in [0.05, 0.1) is 57.3 Å². The Bertz CT molecular complexity index is 4440. The van der Waals surface area contributed by atoms with Crippen LogP contribution >= 0.6 is 0 Å². The number of guanidine groups is 4. The number of primary amides is 3. The van der Waals surface area contributed by atoms with Gasteiger partial charge in [0.15, 0.2) is 23.8 Å². The molecule has 63 nitrogen and oxygen atoms in total. The first-order valence-corrected chi connectivity index (χ1v) is 47.3. The molecule has 1 saturated heterocycles. The maximum atomic E-state index is 14.8. The Balaban J connectivity index is 3.74. The lowest BCUT2D eigenvalue weighted by Gasteiger charge is -2.29. The fraction of sp³-hybridized carbons (Fsp3) is 0.687. The van der Waals surface area contributed by atoms with Crippen LogP contribution in [-0.4, -0.2) is 367 Å². The molecule has 0 unspecified atom stereocenters. The molecular formula is C83H151N37O26. The van der Waals surface area contributed by atoms with Crippen molar-refractivity contribution in [3.05, 3.63) is 0 Å². The molecule has 0 bridgehead atoms. The summed E-state index contributed by atoms with van der Waals surface area (Å²) < 4.78 is 0. The number of nitrogens with zero attached hydrogens (tertiary/aromatic N) is 1. The van der Waals surface area contributed by atoms with E-state index >= 15 is 0 Å². The predicted molar refractivity (Wildman–Crippen MR) is 520 cm³/mol. The molecule has 51 N–H and O–H groups in total. The van der Waals surface area contributed by atoms with Gasteiger partial charge in [0.25, 0.3) is 0 Å². The quantitative estimate of drug-likeness (QED) is 0.0153. The summed E-state index contributed by atoms with van der Waals surface area (Å²) in [5.41, 5.74) is 60.9. The number of carbonyl (C=O) groups excluding carboxylic acids is 21. The average molecular weight is 2080 g/mol. The summed E-state index contributed by atoms with van der Waals surface area (Å²) in [5.74, 6) is -25.8. The number of carboxylic acids is 1. The smallest absolute Gasteiger partial charge is 0.325 e. The van der Waals surface area contributed by atoms with Gasteiger partial charge in [-0.25, -0.2) is 0 Å². The molecule has 1 aliphatic heterocycles. The van der Waals surface area contributed by atoms with Crippen LogP contribution in [0, 0.1) is 21.6 Å². The van der Waals surface area contributed by atoms with Crippen LogP contribution in [0.1, 0.15) is 175 Å². The molecule has 824 valence electrons. The van der Waals surface area contributed by atoms with E-state index in [1.165, 1.54) is 6.92 Å². The van der Waals surface area contributed by atoms with Gasteiger partial charge in [0.2, 0.25) is 124 Å². The molecule has 1 aliphatic rings. The number of aliphatic hydroxyl groups is 3. The average Bonchev–Trinajstić information content (AvgIpc) is 1.61. The summed E-state index contributed by atoms with van der Waals surface area (Å²) in [5, 5.41) is 122. The number of unbranched alkanes of at least 4 members (excludes halogenated alkanes) is 3. The van der Waals surface area contributed by atoms with Crippen LogP contribution in [0.3, 0.4) is 0 Å². The standard InChI is InChI=1S/C83H151N37O26/c1-40(106-59(127)36-104-65(131)45(16-5-8-26-84)108-60(128)37-103-64(130)44(87)34-57(89)125)78(144)120-33-15-23-55(120)75(141)114-50(21-13-31-101-82(95)96)68(134)110-46(19-11-29-99-80(91)92)66(132)105-38-61(129)109-52(24-25-56(88)124)71(137)112-48(18-7-10-28-86)72(138)118-62(42(3)122)76(142)115-51(22-14-32-102-83(97)98)69(135)113-49(20-12-30-100-81(93)94)67(133)111-47(17-6-9-27-85)70(136)116-53(35-58(90)126)73(139)119-63(43(4)123)77(143)117-54(39-121)74(140)107-41(2)79(145)146/h40-55,62-63,121-123H,5-39,84-87H2,1-4H3,(H2,88,124)(H2,89,125)(H2,90,126)(H,103,130)(H,104,131)(H,105,132)(H,106,127)(H,107,140)(H,108,128)(H,109,129)(H,110,134)(H,111,133)(H,112,137)(H,113,135)(H,114,141)(H,115,142)(H,116,136)(H,117,143)(H,118,138)(H,119,139)(H,145,146)(H4,91,92,99)(H4,93,94,100)(H4,95,96,101)(H4,97,98,102)/t40-,41-,42+,43+,44-,45-,46-,47-,48-,49-,50-,51-,52-,53-,54-,55-,62-,63-/m0/s1. The minimum Gasteiger partial charge on any atom is -0.480 e. The van der Waals surface area contributed by atoms with E-state index < -0.39 is 315 Å². The second-order valence-corrected chi connectivity index (χ2v) is 34.3. The van der Waals surface area contributed by atoms with E-state index in [1.807, 2.05) is 5.32 Å². The van der Waals surface area contributed by atoms with Crippen molar-refractivity contribution in [3.8, 4) is 0 Å². The molecule has 18 atom stereocenters. The van der Waals surface area contributed by atoms with Crippen LogP contribution in [0.25, 0.3) is 0 Å². The van der Waals surface area contributed by atoms with Crippen LogP contribution in [0.5, 0.6) is 0 Å². The van der Waals surface area contributed by atoms with Crippen LogP contribution in [-0.2, 0) is 105 Å². The maximum absolute atomic E-state index is 14.8. The number of carboxylic acid groups (broad SMARTS) is 1. The minimum absolute atomic E-state index is 0.0139. The van der Waals surface area contributed by atoms with Gasteiger partial charge < -0.3 is 200 Å². The first-order chi connectivity index (χ1) is 68.7. The molecule has 0 spiro atoms. The minimum atomic E-state index is -2.04. The highest BCUT2D eigenvalue weighted by atomic mass is 16.4. The van der Waals surface area contributed by atoms with E-state index in [4.69, 9.17) is 84.7 Å². The Hall–Kier alpha value is -14.9. The zero-order chi connectivity index (χ0) is 111. The van der Waals surface area contributed by atoms with E-state index in [-0.39, 0.29) is 162 Å². The van der Waals surface area contributed by atoms with Crippen molar-refractivity contribution in [2.45, 2.75) is 284 Å². The lowest BCUT2D eigenvalue weighted by molar-refractivity contribution is -0.142. The van der Waals surface area contributed by atoms with E-state index in [9.17, 15) is 126 Å². The molecule has 1 rings (SSSR count). The van der Waals surface area contributed by atoms with Gasteiger partial charge in [-0.2, -0.15) is 0 Å². The molecule has 0 aromatic rings. The number of hydrogen-bond donors (Lipinski definition) is 40. The van der Waals surface area contributed by atoms with E-state index in [2.05, 4.69) is 106 Å². The van der Waals surface area contributed by atoms with Gasteiger partial charge in [-0.05, 0) is 176 Å². The molecule has 1 fully saturated rings. The SMILES string of the molecule is C[C@H](NC(=O)[C@H](CO)NC(=O)[C@@H](NC(=O)[C@H](CC(N)=O)NC(=O)[C@H](CCCCN)NC(=O)[C@H](CCCNC(=N)N)NC(=O)[C@H](CCCNC(=N)N)NC(=O)[C@@H](NC(=O)[C@H](CCCCN)NC(=O)[C@H](CCC(N)=O)NC(=O)CNC(=O)[C@H](CCCNC(=N)N)NC(=O)[C@H](CCCNC(=N)N)NC(=O)[C@@H]1CCCN1C(=O)[C@H](C)NC(=O)CNC(=O)[C@H](CCCCN)NC(=O)CNC(=O)[C@@H](N)CC(N)=O)[C@@H](C)O)[C@@H](C)O)C(=O)O. The molecule has 0 aromatic heterocycles. The topological polar surface area (TPSA) is 1090 Å². The van der Waals surface area contributed by atoms with Crippen molar-refractivity contribution in [2.24, 2.45) is 63.1 Å². The zero-order valence-corrected chi connectivity index (χ0v) is 82.2. The number of nitrogens with two attached hydrogens (primary N) is 11. The monoisotopic (exact) mass is 2080 g/mol. The van der Waals surface area contributed by atoms with Crippen molar-refractivity contribution in [1.82, 2.24) is 117 Å². The molecule has 146 heavy (non-hydrogen) atoms. The molecule has 0 saturated carbocycles. The Morgan fingerprint density at radius 3 is 0.973 bits per heavy atom. The number of hydrogen-bond acceptors (Lipinski definition) is 33. The summed E-state index contributed by atoms with van der Waals surface area (Å²) in [6.45, 7) is 0.915. The first kappa shape index (κ1) is 129. The number of rotatable bonds is 74. The third kappa shape index (κ3) is 52.9. The summed E-state index contributed by atoms with van der Waals surface area (Å²) in [6.07, 6.45) is -6.64. The Morgan fingerprint density at radius 1 is 0.329 bits per heavy atom. The second kappa shape index (κ2) is 70.0. The van der Waals surface area contributed by atoms with Gasteiger partial charge in [-0.15, -0.1) is 0 Å². The van der Waals surface area contributed by atoms with E-state index in [1.54, 1.807) is 0 Å². The molecule has 63 heteroatoms. The Kier molecular flexibility index (Phi) is 61.9. The van der Waals surface area contributed by atoms with Crippen molar-refractivity contribution in [3.63, 3.8) is 0 Å². The lowest BCUT2D eigenvalue weighted by atomic mass is 10.0. The highest BCUT2D eigenvalue weighted by Crippen LogP contribution is 2.21. The number of nitrogens with one attached hydrogen (secondary N) is 25. The van der Waals surface area contributed by atoms with Gasteiger partial charge in [-0.1, -0.05) is 0 Å². The van der Waals surface area contributed by atoms with E-state index in [0.717, 1.165) is 25.7 Å². The van der Waals surface area contributed by atoms with Crippen molar-refractivity contribution in [1.29, 1.82) is 21.6 Å². The molecule has 0 radical (unpaired) electrons. The normalized spacial score (nSPS) is 15.4. The lowest BCUT2D eigenvalue weighted by Crippen LogP contribution is -2.62. The molecule has 0 aliphatic carbocycles. The maximum Gasteiger partial charge on any atom is 0.325 e. The molecule has 21 amide bonds. The van der Waals surface area contributed by atoms with Crippen molar-refractivity contribution >= 4 is 154 Å². The molecule has 0 aromatic carbocycles. The van der Waals surface area contributed by atoms with Gasteiger partial charge >= 0.3 is 5.97 Å². The fourth-order valence-electron chi connectivity index (χ4n) is 14.1. The van der Waals surface area contributed by atoms with Crippen LogP contribution in [0.15, 0.2) is 0 Å². The van der Waals surface area contributed by atoms with Crippen molar-refractivity contribution < 1.29 is 126 Å². The summed E-state index contributed by atoms with van der Waals surface area (Å²) in [7, 11) is 0. The number of amides is 21. The Labute approximate surface area is 840 Å². The number of aliphatic hydroxyl groups excluding tert-OH is 3. The highest BCUT2D eigenvalue weighted by molar-refractivity contribution is 6.02. The summed E-state index contributed by atoms with van der Waals surface area (Å²) in [6, 6.07) is -26.4. The third-order valence-electron chi connectivity index (χ3n) is 21.9. The predicted octanol–water partition coefficient (Wildman–Crippen LogP) is -18.2. The van der Waals surface area contributed by atoms with Gasteiger partial charge in [0.1, 0.15) is 90.6 Å². The van der Waals surface area contributed by atoms with Crippen molar-refractivity contribution in [2.75, 3.05) is 78.6 Å². The number of carbonyl (C=O) groups is 22. The third-order valence-corrected chi connectivity index (χ3v) is 21.9. The Morgan fingerprint density at radius 2 is 0.630 bits per heavy atom.